The number of fused-ring (bicyclic) bond motifs is 1. The number of aromatic amines is 1. The number of hydrogen-bond acceptors (Lipinski definition) is 3. The summed E-state index contributed by atoms with van der Waals surface area (Å²) < 4.78 is 0. The van der Waals surface area contributed by atoms with Gasteiger partial charge < -0.3 is 10.4 Å². The van der Waals surface area contributed by atoms with Gasteiger partial charge in [-0.1, -0.05) is 36.4 Å². The lowest BCUT2D eigenvalue weighted by molar-refractivity contribution is 0.0916. The first kappa shape index (κ1) is 13.3. The summed E-state index contributed by atoms with van der Waals surface area (Å²) in [7, 11) is 0. The Morgan fingerprint density at radius 3 is 2.81 bits per heavy atom. The van der Waals surface area contributed by atoms with E-state index in [1.807, 2.05) is 36.4 Å². The highest BCUT2D eigenvalue weighted by Gasteiger charge is 2.15. The van der Waals surface area contributed by atoms with Crippen LogP contribution >= 0.6 is 0 Å². The summed E-state index contributed by atoms with van der Waals surface area (Å²) in [6.45, 7) is -0.151. The van der Waals surface area contributed by atoms with E-state index in [1.165, 1.54) is 0 Å². The van der Waals surface area contributed by atoms with Crippen LogP contribution in [0.5, 0.6) is 0 Å². The fourth-order valence-corrected chi connectivity index (χ4v) is 2.24. The molecule has 0 spiro atoms. The maximum atomic E-state index is 12.3. The normalized spacial score (nSPS) is 12.2. The minimum atomic E-state index is -0.420. The molecule has 5 heteroatoms. The molecular weight excluding hydrogens is 266 g/mol. The van der Waals surface area contributed by atoms with Crippen molar-refractivity contribution in [3.05, 3.63) is 65.9 Å². The first-order valence-corrected chi connectivity index (χ1v) is 6.68. The molecule has 21 heavy (non-hydrogen) atoms. The highest BCUT2D eigenvalue weighted by molar-refractivity contribution is 5.97. The minimum absolute atomic E-state index is 0.151. The van der Waals surface area contributed by atoms with Crippen molar-refractivity contribution in [3.63, 3.8) is 0 Å². The second-order valence-electron chi connectivity index (χ2n) is 4.79. The fourth-order valence-electron chi connectivity index (χ4n) is 2.24. The number of aliphatic hydroxyl groups is 1. The lowest BCUT2D eigenvalue weighted by atomic mass is 10.1. The summed E-state index contributed by atoms with van der Waals surface area (Å²) >= 11 is 0. The van der Waals surface area contributed by atoms with Crippen molar-refractivity contribution in [2.24, 2.45) is 0 Å². The average molecular weight is 281 g/mol. The Hall–Kier alpha value is -2.66. The van der Waals surface area contributed by atoms with Crippen LogP contribution in [0.25, 0.3) is 10.9 Å². The van der Waals surface area contributed by atoms with Crippen LogP contribution in [0, 0.1) is 0 Å². The van der Waals surface area contributed by atoms with Crippen molar-refractivity contribution >= 4 is 16.8 Å². The van der Waals surface area contributed by atoms with Crippen LogP contribution in [0.15, 0.2) is 54.7 Å². The molecule has 106 valence electrons. The van der Waals surface area contributed by atoms with Crippen molar-refractivity contribution in [1.29, 1.82) is 0 Å². The molecular formula is C16H15N3O2. The second-order valence-corrected chi connectivity index (χ2v) is 4.79. The number of hydrogen-bond donors (Lipinski definition) is 3. The minimum Gasteiger partial charge on any atom is -0.394 e. The molecule has 3 N–H and O–H groups in total. The molecule has 2 aromatic carbocycles. The Morgan fingerprint density at radius 2 is 2.05 bits per heavy atom. The third-order valence-corrected chi connectivity index (χ3v) is 3.39. The molecule has 1 amide bonds. The molecule has 3 aromatic rings. The summed E-state index contributed by atoms with van der Waals surface area (Å²) in [4.78, 5) is 12.3. The Balaban J connectivity index is 1.81. The van der Waals surface area contributed by atoms with Crippen LogP contribution in [-0.2, 0) is 0 Å². The number of H-pyrrole nitrogens is 1. The zero-order chi connectivity index (χ0) is 14.7. The van der Waals surface area contributed by atoms with Gasteiger partial charge in [-0.3, -0.25) is 9.89 Å². The van der Waals surface area contributed by atoms with E-state index in [-0.39, 0.29) is 12.5 Å². The lowest BCUT2D eigenvalue weighted by Crippen LogP contribution is -2.30. The molecule has 1 heterocycles. The van der Waals surface area contributed by atoms with Gasteiger partial charge in [0.05, 0.1) is 24.4 Å². The maximum Gasteiger partial charge on any atom is 0.251 e. The van der Waals surface area contributed by atoms with Crippen LogP contribution in [0.3, 0.4) is 0 Å². The molecule has 0 bridgehead atoms. The maximum absolute atomic E-state index is 12.3. The molecule has 0 radical (unpaired) electrons. The number of rotatable bonds is 4. The molecule has 1 aromatic heterocycles. The molecule has 0 aliphatic rings. The van der Waals surface area contributed by atoms with E-state index in [0.29, 0.717) is 5.56 Å². The van der Waals surface area contributed by atoms with Gasteiger partial charge in [0.25, 0.3) is 5.91 Å². The Labute approximate surface area is 121 Å². The zero-order valence-corrected chi connectivity index (χ0v) is 11.3. The summed E-state index contributed by atoms with van der Waals surface area (Å²) in [6, 6.07) is 14.3. The van der Waals surface area contributed by atoms with Crippen LogP contribution in [0.2, 0.25) is 0 Å². The van der Waals surface area contributed by atoms with E-state index in [0.717, 1.165) is 16.5 Å². The number of benzene rings is 2. The highest BCUT2D eigenvalue weighted by Crippen LogP contribution is 2.15. The van der Waals surface area contributed by atoms with Gasteiger partial charge in [-0.15, -0.1) is 0 Å². The smallest absolute Gasteiger partial charge is 0.251 e. The first-order valence-electron chi connectivity index (χ1n) is 6.68. The Bertz CT molecular complexity index is 752. The summed E-state index contributed by atoms with van der Waals surface area (Å²) in [5, 5.41) is 20.0. The molecule has 0 unspecified atom stereocenters. The standard InChI is InChI=1S/C16H15N3O2/c20-10-15(11-4-2-1-3-5-11)18-16(21)12-6-7-13-9-17-19-14(13)8-12/h1-9,15,20H,10H2,(H,17,19)(H,18,21)/t15-/m0/s1. The predicted octanol–water partition coefficient (Wildman–Crippen LogP) is 2.03. The number of nitrogens with zero attached hydrogens (tertiary/aromatic N) is 1. The van der Waals surface area contributed by atoms with E-state index in [9.17, 15) is 9.90 Å². The largest absolute Gasteiger partial charge is 0.394 e. The number of amides is 1. The topological polar surface area (TPSA) is 78.0 Å². The monoisotopic (exact) mass is 281 g/mol. The van der Waals surface area contributed by atoms with Crippen molar-refractivity contribution in [1.82, 2.24) is 15.5 Å². The Morgan fingerprint density at radius 1 is 1.24 bits per heavy atom. The van der Waals surface area contributed by atoms with Gasteiger partial charge in [0.1, 0.15) is 0 Å². The van der Waals surface area contributed by atoms with Gasteiger partial charge in [-0.2, -0.15) is 5.10 Å². The van der Waals surface area contributed by atoms with E-state index >= 15 is 0 Å². The number of aliphatic hydroxyl groups excluding tert-OH is 1. The number of carbonyl (C=O) groups excluding carboxylic acids is 1. The Kier molecular flexibility index (Phi) is 3.66. The zero-order valence-electron chi connectivity index (χ0n) is 11.3. The fraction of sp³-hybridized carbons (Fsp3) is 0.125. The molecule has 0 saturated carbocycles. The van der Waals surface area contributed by atoms with Crippen molar-refractivity contribution in [3.8, 4) is 0 Å². The molecule has 0 aliphatic carbocycles. The quantitative estimate of drug-likeness (QED) is 0.684. The van der Waals surface area contributed by atoms with Crippen molar-refractivity contribution in [2.45, 2.75) is 6.04 Å². The summed E-state index contributed by atoms with van der Waals surface area (Å²) in [6.07, 6.45) is 1.71. The van der Waals surface area contributed by atoms with Crippen molar-refractivity contribution < 1.29 is 9.90 Å². The van der Waals surface area contributed by atoms with Crippen LogP contribution in [0.4, 0.5) is 0 Å². The third-order valence-electron chi connectivity index (χ3n) is 3.39. The molecule has 1 atom stereocenters. The van der Waals surface area contributed by atoms with Gasteiger partial charge in [0.2, 0.25) is 0 Å². The number of nitrogens with one attached hydrogen (secondary N) is 2. The first-order chi connectivity index (χ1) is 10.3. The van der Waals surface area contributed by atoms with E-state index in [1.54, 1.807) is 18.3 Å². The third kappa shape index (κ3) is 2.78. The molecule has 0 saturated heterocycles. The van der Waals surface area contributed by atoms with Gasteiger partial charge in [0, 0.05) is 10.9 Å². The van der Waals surface area contributed by atoms with Gasteiger partial charge >= 0.3 is 0 Å². The number of aromatic nitrogens is 2. The number of carbonyl (C=O) groups is 1. The molecule has 0 aliphatic heterocycles. The second kappa shape index (κ2) is 5.76. The molecule has 0 fully saturated rings. The summed E-state index contributed by atoms with van der Waals surface area (Å²) in [5.41, 5.74) is 2.21. The predicted molar refractivity (Wildman–Crippen MR) is 79.8 cm³/mol. The van der Waals surface area contributed by atoms with E-state index < -0.39 is 6.04 Å². The highest BCUT2D eigenvalue weighted by atomic mass is 16.3. The van der Waals surface area contributed by atoms with Gasteiger partial charge in [-0.05, 0) is 17.7 Å². The molecule has 5 nitrogen and oxygen atoms in total. The van der Waals surface area contributed by atoms with Gasteiger partial charge in [0.15, 0.2) is 0 Å². The van der Waals surface area contributed by atoms with E-state index in [2.05, 4.69) is 15.5 Å². The van der Waals surface area contributed by atoms with Crippen LogP contribution < -0.4 is 5.32 Å². The molecule has 3 rings (SSSR count). The van der Waals surface area contributed by atoms with Crippen LogP contribution in [0.1, 0.15) is 22.0 Å². The summed E-state index contributed by atoms with van der Waals surface area (Å²) in [5.74, 6) is -0.227. The van der Waals surface area contributed by atoms with Crippen LogP contribution in [-0.4, -0.2) is 27.8 Å². The van der Waals surface area contributed by atoms with E-state index in [4.69, 9.17) is 0 Å². The average Bonchev–Trinajstić information content (AvgIpc) is 3.00. The van der Waals surface area contributed by atoms with Crippen molar-refractivity contribution in [2.75, 3.05) is 6.61 Å². The SMILES string of the molecule is O=C(N[C@@H](CO)c1ccccc1)c1ccc2cn[nH]c2c1. The lowest BCUT2D eigenvalue weighted by Gasteiger charge is -2.16. The van der Waals surface area contributed by atoms with Gasteiger partial charge in [-0.25, -0.2) is 0 Å².